The van der Waals surface area contributed by atoms with Gasteiger partial charge in [-0.2, -0.15) is 0 Å². The largest absolute Gasteiger partial charge is 0.494 e. The minimum absolute atomic E-state index is 0.0464. The molecule has 1 saturated carbocycles. The van der Waals surface area contributed by atoms with Crippen molar-refractivity contribution in [3.05, 3.63) is 18.2 Å². The molecule has 2 rings (SSSR count). The van der Waals surface area contributed by atoms with Gasteiger partial charge in [-0.25, -0.2) is 13.1 Å². The topological polar surface area (TPSA) is 93.5 Å². The molecule has 1 aromatic rings. The van der Waals surface area contributed by atoms with E-state index in [-0.39, 0.29) is 6.04 Å². The van der Waals surface area contributed by atoms with Gasteiger partial charge in [0.15, 0.2) is 0 Å². The zero-order valence-corrected chi connectivity index (χ0v) is 18.6. The number of anilines is 2. The van der Waals surface area contributed by atoms with Crippen LogP contribution < -0.4 is 20.5 Å². The van der Waals surface area contributed by atoms with Crippen LogP contribution in [0.2, 0.25) is 0 Å². The number of hydrogen-bond acceptors (Lipinski definition) is 5. The summed E-state index contributed by atoms with van der Waals surface area (Å²) in [5.41, 5.74) is 7.78. The first-order chi connectivity index (χ1) is 13.1. The molecule has 0 radical (unpaired) electrons. The van der Waals surface area contributed by atoms with E-state index in [1.807, 2.05) is 18.2 Å². The summed E-state index contributed by atoms with van der Waals surface area (Å²) in [5.74, 6) is 1.33. The van der Waals surface area contributed by atoms with Gasteiger partial charge < -0.3 is 15.8 Å². The predicted molar refractivity (Wildman–Crippen MR) is 117 cm³/mol. The second-order valence-electron chi connectivity index (χ2n) is 8.78. The van der Waals surface area contributed by atoms with Crippen LogP contribution in [-0.2, 0) is 10.0 Å². The molecule has 1 aliphatic carbocycles. The molecule has 7 heteroatoms. The van der Waals surface area contributed by atoms with Crippen LogP contribution in [0, 0.1) is 5.92 Å². The first-order valence-corrected chi connectivity index (χ1v) is 11.9. The maximum Gasteiger partial charge on any atom is 0.216 e. The summed E-state index contributed by atoms with van der Waals surface area (Å²) in [4.78, 5) is 0. The van der Waals surface area contributed by atoms with E-state index in [2.05, 4.69) is 17.0 Å². The van der Waals surface area contributed by atoms with Crippen LogP contribution in [0.5, 0.6) is 5.75 Å². The number of sulfonamides is 1. The van der Waals surface area contributed by atoms with Gasteiger partial charge >= 0.3 is 0 Å². The fourth-order valence-electron chi connectivity index (χ4n) is 3.26. The summed E-state index contributed by atoms with van der Waals surface area (Å²) in [6.07, 6.45) is 5.90. The maximum atomic E-state index is 12.3. The van der Waals surface area contributed by atoms with Gasteiger partial charge in [0.05, 0.1) is 22.7 Å². The van der Waals surface area contributed by atoms with Gasteiger partial charge in [-0.15, -0.1) is 0 Å². The Balaban J connectivity index is 1.78. The molecule has 0 amide bonds. The third-order valence-corrected chi connectivity index (χ3v) is 7.60. The quantitative estimate of drug-likeness (QED) is 0.419. The van der Waals surface area contributed by atoms with Crippen molar-refractivity contribution in [2.75, 3.05) is 24.2 Å². The number of nitrogens with one attached hydrogen (secondary N) is 2. The number of benzene rings is 1. The van der Waals surface area contributed by atoms with E-state index in [9.17, 15) is 8.42 Å². The summed E-state index contributed by atoms with van der Waals surface area (Å²) in [6.45, 7) is 8.89. The zero-order chi connectivity index (χ0) is 20.8. The molecule has 28 heavy (non-hydrogen) atoms. The Morgan fingerprint density at radius 3 is 2.43 bits per heavy atom. The molecular formula is C21H37N3O3S. The van der Waals surface area contributed by atoms with Gasteiger partial charge in [0.2, 0.25) is 10.0 Å². The normalized spacial score (nSPS) is 20.7. The fourth-order valence-corrected chi connectivity index (χ4v) is 4.29. The van der Waals surface area contributed by atoms with Gasteiger partial charge in [0, 0.05) is 18.7 Å². The Kier molecular flexibility index (Phi) is 8.01. The lowest BCUT2D eigenvalue weighted by atomic mass is 9.86. The third kappa shape index (κ3) is 6.55. The third-order valence-electron chi connectivity index (χ3n) is 5.35. The van der Waals surface area contributed by atoms with E-state index < -0.39 is 14.8 Å². The van der Waals surface area contributed by atoms with Crippen molar-refractivity contribution < 1.29 is 13.2 Å². The van der Waals surface area contributed by atoms with Crippen molar-refractivity contribution in [1.29, 1.82) is 0 Å². The summed E-state index contributed by atoms with van der Waals surface area (Å²) in [6, 6.07) is 5.84. The molecular weight excluding hydrogens is 374 g/mol. The summed E-state index contributed by atoms with van der Waals surface area (Å²) >= 11 is 0. The molecule has 1 aliphatic rings. The molecule has 0 unspecified atom stereocenters. The molecule has 0 saturated heterocycles. The average Bonchev–Trinajstić information content (AvgIpc) is 2.61. The van der Waals surface area contributed by atoms with Crippen LogP contribution in [0.15, 0.2) is 18.2 Å². The van der Waals surface area contributed by atoms with Gasteiger partial charge in [-0.05, 0) is 70.9 Å². The summed E-state index contributed by atoms with van der Waals surface area (Å²) in [5, 5.41) is 3.45. The molecule has 4 N–H and O–H groups in total. The molecule has 1 fully saturated rings. The number of nitrogen functional groups attached to an aromatic ring is 1. The first kappa shape index (κ1) is 22.8. The van der Waals surface area contributed by atoms with Crippen molar-refractivity contribution in [2.45, 2.75) is 77.0 Å². The van der Waals surface area contributed by atoms with Crippen molar-refractivity contribution in [3.8, 4) is 5.75 Å². The van der Waals surface area contributed by atoms with Crippen molar-refractivity contribution in [1.82, 2.24) is 4.72 Å². The highest BCUT2D eigenvalue weighted by molar-refractivity contribution is 7.90. The second kappa shape index (κ2) is 9.83. The molecule has 0 spiro atoms. The number of ether oxygens (including phenoxy) is 1. The Morgan fingerprint density at radius 2 is 1.86 bits per heavy atom. The molecule has 0 atom stereocenters. The van der Waals surface area contributed by atoms with Crippen LogP contribution in [0.3, 0.4) is 0 Å². The molecule has 0 heterocycles. The molecule has 1 aromatic carbocycles. The smallest absolute Gasteiger partial charge is 0.216 e. The second-order valence-corrected chi connectivity index (χ2v) is 11.3. The van der Waals surface area contributed by atoms with Gasteiger partial charge in [-0.1, -0.05) is 13.3 Å². The first-order valence-electron chi connectivity index (χ1n) is 10.4. The Bertz CT molecular complexity index is 721. The van der Waals surface area contributed by atoms with Crippen LogP contribution in [-0.4, -0.2) is 32.4 Å². The predicted octanol–water partition coefficient (Wildman–Crippen LogP) is 4.14. The van der Waals surface area contributed by atoms with E-state index in [4.69, 9.17) is 10.5 Å². The van der Waals surface area contributed by atoms with E-state index in [0.29, 0.717) is 18.2 Å². The molecule has 160 valence electrons. The molecule has 0 bridgehead atoms. The molecule has 0 aliphatic heterocycles. The SMILES string of the molecule is CCCCOc1ccc(NCC2CCC(NS(=O)(=O)C(C)(C)C)CC2)c(N)c1. The lowest BCUT2D eigenvalue weighted by molar-refractivity contribution is 0.309. The lowest BCUT2D eigenvalue weighted by Crippen LogP contribution is -2.46. The van der Waals surface area contributed by atoms with Gasteiger partial charge in [0.1, 0.15) is 5.75 Å². The average molecular weight is 412 g/mol. The number of hydrogen-bond donors (Lipinski definition) is 3. The zero-order valence-electron chi connectivity index (χ0n) is 17.8. The summed E-state index contributed by atoms with van der Waals surface area (Å²) in [7, 11) is -3.28. The Morgan fingerprint density at radius 1 is 1.18 bits per heavy atom. The number of unbranched alkanes of at least 4 members (excludes halogenated alkanes) is 1. The standard InChI is InChI=1S/C21H37N3O3S/c1-5-6-13-27-18-11-12-20(19(22)14-18)23-15-16-7-9-17(10-8-16)24-28(25,26)21(2,3)4/h11-12,14,16-17,23-24H,5-10,13,15,22H2,1-4H3. The Labute approximate surface area is 170 Å². The van der Waals surface area contributed by atoms with E-state index >= 15 is 0 Å². The minimum Gasteiger partial charge on any atom is -0.494 e. The van der Waals surface area contributed by atoms with Gasteiger partial charge in [-0.3, -0.25) is 0 Å². The highest BCUT2D eigenvalue weighted by Gasteiger charge is 2.32. The van der Waals surface area contributed by atoms with Crippen LogP contribution >= 0.6 is 0 Å². The van der Waals surface area contributed by atoms with Crippen LogP contribution in [0.4, 0.5) is 11.4 Å². The van der Waals surface area contributed by atoms with E-state index in [1.54, 1.807) is 20.8 Å². The lowest BCUT2D eigenvalue weighted by Gasteiger charge is -2.31. The highest BCUT2D eigenvalue weighted by atomic mass is 32.2. The maximum absolute atomic E-state index is 12.3. The minimum atomic E-state index is -3.28. The van der Waals surface area contributed by atoms with Gasteiger partial charge in [0.25, 0.3) is 0 Å². The highest BCUT2D eigenvalue weighted by Crippen LogP contribution is 2.29. The van der Waals surface area contributed by atoms with Crippen LogP contribution in [0.1, 0.15) is 66.2 Å². The molecule has 6 nitrogen and oxygen atoms in total. The Hall–Kier alpha value is -1.47. The van der Waals surface area contributed by atoms with Crippen LogP contribution in [0.25, 0.3) is 0 Å². The molecule has 0 aromatic heterocycles. The number of rotatable bonds is 9. The fraction of sp³-hybridized carbons (Fsp3) is 0.714. The van der Waals surface area contributed by atoms with Crippen molar-refractivity contribution in [3.63, 3.8) is 0 Å². The van der Waals surface area contributed by atoms with E-state index in [1.165, 1.54) is 0 Å². The monoisotopic (exact) mass is 411 g/mol. The van der Waals surface area contributed by atoms with Crippen molar-refractivity contribution in [2.24, 2.45) is 5.92 Å². The summed E-state index contributed by atoms with van der Waals surface area (Å²) < 4.78 is 32.4. The number of nitrogens with two attached hydrogens (primary N) is 1. The van der Waals surface area contributed by atoms with E-state index in [0.717, 1.165) is 56.5 Å². The van der Waals surface area contributed by atoms with Crippen molar-refractivity contribution >= 4 is 21.4 Å².